The molecule has 2 rings (SSSR count). The zero-order valence-electron chi connectivity index (χ0n) is 12.2. The Morgan fingerprint density at radius 2 is 2.00 bits per heavy atom. The smallest absolute Gasteiger partial charge is 0.194 e. The van der Waals surface area contributed by atoms with Crippen LogP contribution in [-0.4, -0.2) is 18.5 Å². The Morgan fingerprint density at radius 1 is 1.32 bits per heavy atom. The fourth-order valence-corrected chi connectivity index (χ4v) is 2.89. The molecule has 1 aromatic rings. The van der Waals surface area contributed by atoms with Crippen molar-refractivity contribution in [1.82, 2.24) is 0 Å². The molecule has 2 nitrogen and oxygen atoms in total. The second-order valence-electron chi connectivity index (χ2n) is 5.49. The predicted octanol–water partition coefficient (Wildman–Crippen LogP) is 4.34. The van der Waals surface area contributed by atoms with E-state index in [1.807, 2.05) is 26.0 Å². The monoisotopic (exact) mass is 260 g/mol. The van der Waals surface area contributed by atoms with Crippen molar-refractivity contribution in [1.29, 1.82) is 0 Å². The van der Waals surface area contributed by atoms with Crippen LogP contribution in [0.1, 0.15) is 67.8 Å². The summed E-state index contributed by atoms with van der Waals surface area (Å²) in [5.41, 5.74) is 1.46. The van der Waals surface area contributed by atoms with E-state index in [0.29, 0.717) is 18.8 Å². The first-order chi connectivity index (χ1) is 9.16. The SMILES string of the molecule is CCC(CC)(OC)C(=O)c1cccc(C2CCC2)c1. The van der Waals surface area contributed by atoms with E-state index in [4.69, 9.17) is 4.74 Å². The van der Waals surface area contributed by atoms with Gasteiger partial charge in [0, 0.05) is 12.7 Å². The molecule has 1 saturated carbocycles. The minimum absolute atomic E-state index is 0.126. The Labute approximate surface area is 116 Å². The van der Waals surface area contributed by atoms with E-state index in [-0.39, 0.29) is 5.78 Å². The van der Waals surface area contributed by atoms with E-state index in [9.17, 15) is 4.79 Å². The molecule has 0 unspecified atom stereocenters. The molecule has 0 aromatic heterocycles. The number of rotatable bonds is 6. The quantitative estimate of drug-likeness (QED) is 0.711. The van der Waals surface area contributed by atoms with E-state index in [1.54, 1.807) is 7.11 Å². The topological polar surface area (TPSA) is 26.3 Å². The molecule has 19 heavy (non-hydrogen) atoms. The molecule has 0 heterocycles. The van der Waals surface area contributed by atoms with Crippen molar-refractivity contribution in [3.63, 3.8) is 0 Å². The van der Waals surface area contributed by atoms with E-state index in [0.717, 1.165) is 5.56 Å². The van der Waals surface area contributed by atoms with Crippen LogP contribution in [0.2, 0.25) is 0 Å². The lowest BCUT2D eigenvalue weighted by Gasteiger charge is -2.30. The lowest BCUT2D eigenvalue weighted by Crippen LogP contribution is -2.39. The summed E-state index contributed by atoms with van der Waals surface area (Å²) in [4.78, 5) is 12.7. The highest BCUT2D eigenvalue weighted by atomic mass is 16.5. The Morgan fingerprint density at radius 3 is 2.47 bits per heavy atom. The number of benzene rings is 1. The van der Waals surface area contributed by atoms with Gasteiger partial charge >= 0.3 is 0 Å². The summed E-state index contributed by atoms with van der Waals surface area (Å²) in [6, 6.07) is 8.15. The van der Waals surface area contributed by atoms with Gasteiger partial charge in [-0.15, -0.1) is 0 Å². The number of carbonyl (C=O) groups excluding carboxylic acids is 1. The molecule has 0 spiro atoms. The van der Waals surface area contributed by atoms with Crippen LogP contribution in [0.5, 0.6) is 0 Å². The predicted molar refractivity (Wildman–Crippen MR) is 77.7 cm³/mol. The number of ketones is 1. The summed E-state index contributed by atoms with van der Waals surface area (Å²) in [5, 5.41) is 0. The normalized spacial score (nSPS) is 16.2. The standard InChI is InChI=1S/C17H24O2/c1-4-17(5-2,19-3)16(18)15-11-7-10-14(12-15)13-8-6-9-13/h7,10-13H,4-6,8-9H2,1-3H3. The highest BCUT2D eigenvalue weighted by Crippen LogP contribution is 2.37. The fraction of sp³-hybridized carbons (Fsp3) is 0.588. The van der Waals surface area contributed by atoms with Crippen LogP contribution in [0, 0.1) is 0 Å². The zero-order chi connectivity index (χ0) is 13.9. The Balaban J connectivity index is 2.27. The molecule has 104 valence electrons. The number of hydrogen-bond donors (Lipinski definition) is 0. The first-order valence-electron chi connectivity index (χ1n) is 7.36. The van der Waals surface area contributed by atoms with Crippen LogP contribution in [0.4, 0.5) is 0 Å². The van der Waals surface area contributed by atoms with Gasteiger partial charge in [-0.3, -0.25) is 4.79 Å². The largest absolute Gasteiger partial charge is 0.370 e. The van der Waals surface area contributed by atoms with Gasteiger partial charge in [-0.05, 0) is 43.2 Å². The van der Waals surface area contributed by atoms with Crippen molar-refractivity contribution in [2.24, 2.45) is 0 Å². The van der Waals surface area contributed by atoms with E-state index in [2.05, 4.69) is 12.1 Å². The van der Waals surface area contributed by atoms with Crippen molar-refractivity contribution in [2.75, 3.05) is 7.11 Å². The molecule has 1 aliphatic carbocycles. The average Bonchev–Trinajstić information content (AvgIpc) is 2.39. The van der Waals surface area contributed by atoms with Gasteiger partial charge in [-0.1, -0.05) is 38.5 Å². The summed E-state index contributed by atoms with van der Waals surface area (Å²) in [6.45, 7) is 4.03. The number of methoxy groups -OCH3 is 1. The number of hydrogen-bond acceptors (Lipinski definition) is 2. The van der Waals surface area contributed by atoms with Gasteiger partial charge in [0.25, 0.3) is 0 Å². The molecule has 1 fully saturated rings. The first-order valence-corrected chi connectivity index (χ1v) is 7.36. The Bertz CT molecular complexity index is 434. The molecular weight excluding hydrogens is 236 g/mol. The van der Waals surface area contributed by atoms with E-state index >= 15 is 0 Å². The molecule has 0 aliphatic heterocycles. The molecule has 0 N–H and O–H groups in total. The average molecular weight is 260 g/mol. The van der Waals surface area contributed by atoms with Gasteiger partial charge in [-0.25, -0.2) is 0 Å². The minimum Gasteiger partial charge on any atom is -0.370 e. The highest BCUT2D eigenvalue weighted by Gasteiger charge is 2.35. The van der Waals surface area contributed by atoms with Gasteiger partial charge in [0.05, 0.1) is 0 Å². The third-order valence-corrected chi connectivity index (χ3v) is 4.67. The maximum atomic E-state index is 12.7. The van der Waals surface area contributed by atoms with Crippen molar-refractivity contribution in [3.05, 3.63) is 35.4 Å². The minimum atomic E-state index is -0.655. The van der Waals surface area contributed by atoms with Crippen molar-refractivity contribution < 1.29 is 9.53 Å². The van der Waals surface area contributed by atoms with Gasteiger partial charge in [-0.2, -0.15) is 0 Å². The second kappa shape index (κ2) is 5.87. The summed E-state index contributed by atoms with van der Waals surface area (Å²) in [6.07, 6.45) is 5.26. The van der Waals surface area contributed by atoms with Gasteiger partial charge < -0.3 is 4.74 Å². The molecule has 2 heteroatoms. The molecule has 0 amide bonds. The highest BCUT2D eigenvalue weighted by molar-refractivity contribution is 6.02. The molecule has 0 atom stereocenters. The fourth-order valence-electron chi connectivity index (χ4n) is 2.89. The van der Waals surface area contributed by atoms with Crippen molar-refractivity contribution >= 4 is 5.78 Å². The summed E-state index contributed by atoms with van der Waals surface area (Å²) in [5.74, 6) is 0.786. The van der Waals surface area contributed by atoms with Crippen molar-refractivity contribution in [2.45, 2.75) is 57.5 Å². The summed E-state index contributed by atoms with van der Waals surface area (Å²) < 4.78 is 5.54. The Hall–Kier alpha value is -1.15. The van der Waals surface area contributed by atoms with Crippen LogP contribution in [0.15, 0.2) is 24.3 Å². The first kappa shape index (κ1) is 14.3. The molecular formula is C17H24O2. The molecule has 1 aromatic carbocycles. The number of ether oxygens (including phenoxy) is 1. The third-order valence-electron chi connectivity index (χ3n) is 4.67. The number of Topliss-reactive ketones (excluding diaryl/α,β-unsaturated/α-hetero) is 1. The van der Waals surface area contributed by atoms with E-state index < -0.39 is 5.60 Å². The third kappa shape index (κ3) is 2.59. The summed E-state index contributed by atoms with van der Waals surface area (Å²) in [7, 11) is 1.64. The van der Waals surface area contributed by atoms with Gasteiger partial charge in [0.15, 0.2) is 5.78 Å². The van der Waals surface area contributed by atoms with Crippen LogP contribution >= 0.6 is 0 Å². The van der Waals surface area contributed by atoms with Crippen LogP contribution in [0.3, 0.4) is 0 Å². The zero-order valence-corrected chi connectivity index (χ0v) is 12.2. The lowest BCUT2D eigenvalue weighted by atomic mass is 9.78. The van der Waals surface area contributed by atoms with E-state index in [1.165, 1.54) is 24.8 Å². The molecule has 1 aliphatic rings. The number of carbonyl (C=O) groups is 1. The summed E-state index contributed by atoms with van der Waals surface area (Å²) >= 11 is 0. The van der Waals surface area contributed by atoms with Crippen molar-refractivity contribution in [3.8, 4) is 0 Å². The van der Waals surface area contributed by atoms with Crippen LogP contribution in [0.25, 0.3) is 0 Å². The molecule has 0 saturated heterocycles. The second-order valence-corrected chi connectivity index (χ2v) is 5.49. The van der Waals surface area contributed by atoms with Gasteiger partial charge in [0.2, 0.25) is 0 Å². The Kier molecular flexibility index (Phi) is 4.41. The molecule has 0 radical (unpaired) electrons. The van der Waals surface area contributed by atoms with Gasteiger partial charge in [0.1, 0.15) is 5.60 Å². The van der Waals surface area contributed by atoms with Crippen LogP contribution < -0.4 is 0 Å². The molecule has 0 bridgehead atoms. The maximum absolute atomic E-state index is 12.7. The lowest BCUT2D eigenvalue weighted by molar-refractivity contribution is -0.00262. The maximum Gasteiger partial charge on any atom is 0.194 e. The van der Waals surface area contributed by atoms with Crippen LogP contribution in [-0.2, 0) is 4.74 Å².